The molecule has 0 rings (SSSR count). The highest BCUT2D eigenvalue weighted by Crippen LogP contribution is 2.46. The Balaban J connectivity index is 7.60. The van der Waals surface area contributed by atoms with Crippen LogP contribution >= 0.6 is 0 Å². The molecule has 6 N–H and O–H groups in total. The minimum absolute atomic E-state index is 0.268. The Labute approximate surface area is 208 Å². The molecule has 0 saturated heterocycles. The summed E-state index contributed by atoms with van der Waals surface area (Å²) in [6.45, 7) is 9.10. The SMILES string of the molecule is CC[C@@H](C)[C@@H](NC)C(=O)OC(CC(C)O)(C(=O)O)C(CC(C)O)(C(=O)[C@@H](C)NC)C(=O)[C@@H](C)NC. The molecule has 0 bridgehead atoms. The van der Waals surface area contributed by atoms with Gasteiger partial charge in [0.25, 0.3) is 0 Å². The van der Waals surface area contributed by atoms with Gasteiger partial charge in [0, 0.05) is 6.42 Å². The lowest BCUT2D eigenvalue weighted by Gasteiger charge is -2.48. The Morgan fingerprint density at radius 2 is 1.23 bits per heavy atom. The summed E-state index contributed by atoms with van der Waals surface area (Å²) in [5.41, 5.74) is -5.33. The molecule has 0 aliphatic carbocycles. The molecule has 11 nitrogen and oxygen atoms in total. The van der Waals surface area contributed by atoms with Gasteiger partial charge in [-0.3, -0.25) is 14.4 Å². The van der Waals surface area contributed by atoms with Crippen molar-refractivity contribution in [2.24, 2.45) is 11.3 Å². The third-order valence-electron chi connectivity index (χ3n) is 6.77. The zero-order chi connectivity index (χ0) is 27.7. The van der Waals surface area contributed by atoms with Crippen LogP contribution in [0.4, 0.5) is 0 Å². The van der Waals surface area contributed by atoms with Crippen molar-refractivity contribution in [3.8, 4) is 0 Å². The van der Waals surface area contributed by atoms with Gasteiger partial charge in [-0.05, 0) is 61.2 Å². The van der Waals surface area contributed by atoms with Crippen LogP contribution in [0.5, 0.6) is 0 Å². The topological polar surface area (TPSA) is 174 Å². The number of aliphatic hydroxyl groups excluding tert-OH is 2. The molecular weight excluding hydrogens is 458 g/mol. The quantitative estimate of drug-likeness (QED) is 0.115. The number of likely N-dealkylation sites (N-methyl/N-ethyl adjacent to an activating group) is 3. The first-order valence-corrected chi connectivity index (χ1v) is 12.1. The van der Waals surface area contributed by atoms with Crippen molar-refractivity contribution in [2.45, 2.75) is 96.7 Å². The number of carboxylic acid groups (broad SMARTS) is 1. The molecule has 0 aliphatic heterocycles. The van der Waals surface area contributed by atoms with E-state index in [4.69, 9.17) is 4.74 Å². The first-order valence-electron chi connectivity index (χ1n) is 12.1. The Hall–Kier alpha value is -1.92. The van der Waals surface area contributed by atoms with Crippen LogP contribution in [0.25, 0.3) is 0 Å². The standard InChI is InChI=1S/C24H45N3O8/c1-10-13(2)18(27-9)21(32)35-24(22(33)34,12-15(4)29)23(11-14(3)28,19(30)16(5)25-7)20(31)17(6)26-8/h13-18,25-29H,10-12H2,1-9H3,(H,33,34)/t13-,14?,15?,16-,17-,18-,24?/m1/s1. The number of carboxylic acids is 1. The molecule has 0 aromatic heterocycles. The van der Waals surface area contributed by atoms with Gasteiger partial charge < -0.3 is 36.0 Å². The highest BCUT2D eigenvalue weighted by Gasteiger charge is 2.69. The number of esters is 1. The van der Waals surface area contributed by atoms with Gasteiger partial charge in [-0.15, -0.1) is 0 Å². The Bertz CT molecular complexity index is 720. The summed E-state index contributed by atoms with van der Waals surface area (Å²) in [6, 6.07) is -3.02. The largest absolute Gasteiger partial charge is 0.478 e. The molecule has 0 heterocycles. The lowest BCUT2D eigenvalue weighted by Crippen LogP contribution is -2.70. The second-order valence-corrected chi connectivity index (χ2v) is 9.47. The lowest BCUT2D eigenvalue weighted by atomic mass is 9.58. The van der Waals surface area contributed by atoms with Gasteiger partial charge in [0.05, 0.1) is 24.3 Å². The Morgan fingerprint density at radius 1 is 0.800 bits per heavy atom. The zero-order valence-corrected chi connectivity index (χ0v) is 22.5. The fraction of sp³-hybridized carbons (Fsp3) is 0.833. The second kappa shape index (κ2) is 14.0. The molecule has 0 saturated carbocycles. The smallest absolute Gasteiger partial charge is 0.349 e. The monoisotopic (exact) mass is 503 g/mol. The fourth-order valence-electron chi connectivity index (χ4n) is 4.47. The predicted molar refractivity (Wildman–Crippen MR) is 131 cm³/mol. The van der Waals surface area contributed by atoms with Crippen molar-refractivity contribution >= 4 is 23.5 Å². The number of hydrogen-bond acceptors (Lipinski definition) is 10. The van der Waals surface area contributed by atoms with Crippen LogP contribution < -0.4 is 16.0 Å². The van der Waals surface area contributed by atoms with E-state index in [9.17, 15) is 34.5 Å². The van der Waals surface area contributed by atoms with Crippen molar-refractivity contribution in [3.05, 3.63) is 0 Å². The number of hydrogen-bond donors (Lipinski definition) is 6. The first kappa shape index (κ1) is 33.1. The van der Waals surface area contributed by atoms with E-state index in [1.807, 2.05) is 6.92 Å². The summed E-state index contributed by atoms with van der Waals surface area (Å²) >= 11 is 0. The van der Waals surface area contributed by atoms with E-state index in [-0.39, 0.29) is 5.92 Å². The van der Waals surface area contributed by atoms with E-state index in [0.717, 1.165) is 0 Å². The molecule has 0 amide bonds. The Kier molecular flexibility index (Phi) is 13.2. The molecule has 7 atom stereocenters. The molecule has 0 aromatic carbocycles. The van der Waals surface area contributed by atoms with Crippen LogP contribution in [-0.2, 0) is 23.9 Å². The fourth-order valence-corrected chi connectivity index (χ4v) is 4.47. The number of Topliss-reactive ketones (excluding diaryl/α,β-unsaturated/α-hetero) is 2. The molecular formula is C24H45N3O8. The summed E-state index contributed by atoms with van der Waals surface area (Å²) in [7, 11) is 4.44. The summed E-state index contributed by atoms with van der Waals surface area (Å²) < 4.78 is 5.72. The van der Waals surface area contributed by atoms with E-state index in [1.54, 1.807) is 6.92 Å². The highest BCUT2D eigenvalue weighted by atomic mass is 16.6. The van der Waals surface area contributed by atoms with Gasteiger partial charge in [-0.1, -0.05) is 20.3 Å². The maximum atomic E-state index is 14.0. The summed E-state index contributed by atoms with van der Waals surface area (Å²) in [5, 5.41) is 39.7. The first-order chi connectivity index (χ1) is 16.1. The third-order valence-corrected chi connectivity index (χ3v) is 6.77. The number of nitrogens with one attached hydrogen (secondary N) is 3. The van der Waals surface area contributed by atoms with Gasteiger partial charge in [-0.25, -0.2) is 4.79 Å². The number of carbonyl (C=O) groups is 4. The molecule has 3 unspecified atom stereocenters. The van der Waals surface area contributed by atoms with Crippen LogP contribution in [-0.4, -0.2) is 95.9 Å². The molecule has 0 fully saturated rings. The average molecular weight is 504 g/mol. The van der Waals surface area contributed by atoms with Crippen molar-refractivity contribution in [1.29, 1.82) is 0 Å². The molecule has 0 radical (unpaired) electrons. The Morgan fingerprint density at radius 3 is 1.51 bits per heavy atom. The van der Waals surface area contributed by atoms with Crippen molar-refractivity contribution in [2.75, 3.05) is 21.1 Å². The number of ether oxygens (including phenoxy) is 1. The molecule has 204 valence electrons. The molecule has 0 spiro atoms. The summed E-state index contributed by atoms with van der Waals surface area (Å²) in [4.78, 5) is 54.4. The predicted octanol–water partition coefficient (Wildman–Crippen LogP) is -0.131. The minimum atomic E-state index is -2.80. The van der Waals surface area contributed by atoms with E-state index in [1.165, 1.54) is 48.8 Å². The summed E-state index contributed by atoms with van der Waals surface area (Å²) in [5.74, 6) is -4.74. The van der Waals surface area contributed by atoms with Crippen LogP contribution in [0.2, 0.25) is 0 Å². The van der Waals surface area contributed by atoms with Crippen molar-refractivity contribution in [3.63, 3.8) is 0 Å². The maximum absolute atomic E-state index is 14.0. The zero-order valence-electron chi connectivity index (χ0n) is 22.5. The number of aliphatic hydroxyl groups is 2. The molecule has 0 aromatic rings. The number of aliphatic carboxylic acids is 1. The van der Waals surface area contributed by atoms with Gasteiger partial charge in [0.15, 0.2) is 11.6 Å². The van der Waals surface area contributed by atoms with Gasteiger partial charge in [0.1, 0.15) is 11.5 Å². The minimum Gasteiger partial charge on any atom is -0.478 e. The number of ketones is 2. The third kappa shape index (κ3) is 7.07. The molecule has 11 heteroatoms. The van der Waals surface area contributed by atoms with Crippen LogP contribution in [0.1, 0.15) is 60.8 Å². The van der Waals surface area contributed by atoms with Gasteiger partial charge in [-0.2, -0.15) is 0 Å². The normalized spacial score (nSPS) is 18.9. The second-order valence-electron chi connectivity index (χ2n) is 9.47. The van der Waals surface area contributed by atoms with Crippen molar-refractivity contribution in [1.82, 2.24) is 16.0 Å². The lowest BCUT2D eigenvalue weighted by molar-refractivity contribution is -0.209. The molecule has 0 aliphatic rings. The summed E-state index contributed by atoms with van der Waals surface area (Å²) in [6.07, 6.45) is -3.53. The number of rotatable bonds is 17. The van der Waals surface area contributed by atoms with Gasteiger partial charge >= 0.3 is 11.9 Å². The maximum Gasteiger partial charge on any atom is 0.349 e. The highest BCUT2D eigenvalue weighted by molar-refractivity contribution is 6.15. The van der Waals surface area contributed by atoms with E-state index >= 15 is 0 Å². The average Bonchev–Trinajstić information content (AvgIpc) is 2.79. The van der Waals surface area contributed by atoms with E-state index < -0.39 is 77.7 Å². The number of carbonyl (C=O) groups excluding carboxylic acids is 3. The van der Waals surface area contributed by atoms with Crippen molar-refractivity contribution < 1.29 is 39.2 Å². The van der Waals surface area contributed by atoms with E-state index in [2.05, 4.69) is 16.0 Å². The van der Waals surface area contributed by atoms with Gasteiger partial charge in [0.2, 0.25) is 5.60 Å². The van der Waals surface area contributed by atoms with Crippen LogP contribution in [0, 0.1) is 11.3 Å². The van der Waals surface area contributed by atoms with Crippen LogP contribution in [0.15, 0.2) is 0 Å². The molecule has 35 heavy (non-hydrogen) atoms. The van der Waals surface area contributed by atoms with E-state index in [0.29, 0.717) is 6.42 Å². The van der Waals surface area contributed by atoms with Crippen LogP contribution in [0.3, 0.4) is 0 Å².